The molecule has 116 valence electrons. The maximum atomic E-state index is 12.3. The lowest BCUT2D eigenvalue weighted by Gasteiger charge is -2.39. The number of hydrogen-bond donors (Lipinski definition) is 1. The molecule has 0 aromatic rings. The summed E-state index contributed by atoms with van der Waals surface area (Å²) in [7, 11) is 0. The van der Waals surface area contributed by atoms with Crippen LogP contribution < -0.4 is 5.32 Å². The summed E-state index contributed by atoms with van der Waals surface area (Å²) in [6.45, 7) is 5.01. The highest BCUT2D eigenvalue weighted by Gasteiger charge is 2.41. The summed E-state index contributed by atoms with van der Waals surface area (Å²) in [5.41, 5.74) is 0. The zero-order valence-corrected chi connectivity index (χ0v) is 12.0. The third-order valence-corrected chi connectivity index (χ3v) is 3.31. The van der Waals surface area contributed by atoms with E-state index in [0.717, 1.165) is 4.90 Å². The fourth-order valence-electron chi connectivity index (χ4n) is 2.38. The molecule has 2 atom stereocenters. The van der Waals surface area contributed by atoms with Gasteiger partial charge in [-0.2, -0.15) is 13.2 Å². The highest BCUT2D eigenvalue weighted by Crippen LogP contribution is 2.23. The van der Waals surface area contributed by atoms with Crippen LogP contribution in [0.4, 0.5) is 13.2 Å². The molecule has 1 saturated heterocycles. The molecule has 0 radical (unpaired) electrons. The second kappa shape index (κ2) is 6.45. The molecule has 1 aliphatic heterocycles. The number of alkyl halides is 3. The molecular formula is C13H21F3N2O2. The third-order valence-electron chi connectivity index (χ3n) is 3.31. The molecule has 1 N–H and O–H groups in total. The van der Waals surface area contributed by atoms with Crippen LogP contribution in [0.25, 0.3) is 0 Å². The topological polar surface area (TPSA) is 49.4 Å². The number of halogens is 3. The number of piperazine rings is 1. The Balaban J connectivity index is 2.83. The average Bonchev–Trinajstić information content (AvgIpc) is 2.29. The van der Waals surface area contributed by atoms with E-state index in [0.29, 0.717) is 12.8 Å². The Morgan fingerprint density at radius 3 is 2.35 bits per heavy atom. The van der Waals surface area contributed by atoms with Crippen LogP contribution in [0.5, 0.6) is 0 Å². The Morgan fingerprint density at radius 2 is 1.90 bits per heavy atom. The minimum absolute atomic E-state index is 0.173. The van der Waals surface area contributed by atoms with Gasteiger partial charge < -0.3 is 10.2 Å². The molecule has 0 spiro atoms. The highest BCUT2D eigenvalue weighted by atomic mass is 19.4. The van der Waals surface area contributed by atoms with Gasteiger partial charge in [-0.25, -0.2) is 0 Å². The van der Waals surface area contributed by atoms with Gasteiger partial charge in [0.15, 0.2) is 0 Å². The minimum Gasteiger partial charge on any atom is -0.342 e. The van der Waals surface area contributed by atoms with Gasteiger partial charge in [0.05, 0.1) is 6.42 Å². The maximum Gasteiger partial charge on any atom is 0.390 e. The summed E-state index contributed by atoms with van der Waals surface area (Å²) in [5, 5.41) is 2.61. The zero-order chi connectivity index (χ0) is 15.5. The van der Waals surface area contributed by atoms with Crippen LogP contribution in [0.2, 0.25) is 0 Å². The van der Waals surface area contributed by atoms with Crippen molar-refractivity contribution in [1.82, 2.24) is 10.2 Å². The first-order valence-electron chi connectivity index (χ1n) is 6.83. The fraction of sp³-hybridized carbons (Fsp3) is 0.846. The van der Waals surface area contributed by atoms with Gasteiger partial charge in [-0.05, 0) is 18.8 Å². The number of amides is 2. The number of carbonyl (C=O) groups is 2. The first-order chi connectivity index (χ1) is 9.15. The smallest absolute Gasteiger partial charge is 0.342 e. The van der Waals surface area contributed by atoms with E-state index in [-0.39, 0.29) is 11.8 Å². The molecule has 0 aliphatic carbocycles. The summed E-state index contributed by atoms with van der Waals surface area (Å²) in [5.74, 6) is -0.596. The first-order valence-corrected chi connectivity index (χ1v) is 6.83. The fourth-order valence-corrected chi connectivity index (χ4v) is 2.38. The Kier molecular flexibility index (Phi) is 5.42. The average molecular weight is 294 g/mol. The van der Waals surface area contributed by atoms with Crippen molar-refractivity contribution in [3.8, 4) is 0 Å². The predicted molar refractivity (Wildman–Crippen MR) is 67.8 cm³/mol. The van der Waals surface area contributed by atoms with E-state index in [1.807, 2.05) is 13.8 Å². The van der Waals surface area contributed by atoms with Gasteiger partial charge in [-0.1, -0.05) is 20.8 Å². The Morgan fingerprint density at radius 1 is 1.30 bits per heavy atom. The van der Waals surface area contributed by atoms with Crippen molar-refractivity contribution >= 4 is 11.8 Å². The SMILES string of the molecule is CCC1C(=O)NC(CC(C)C)C(=O)N1CCC(F)(F)F. The molecule has 4 nitrogen and oxygen atoms in total. The van der Waals surface area contributed by atoms with Crippen LogP contribution in [0, 0.1) is 5.92 Å². The molecule has 0 aromatic carbocycles. The van der Waals surface area contributed by atoms with Gasteiger partial charge in [0, 0.05) is 6.54 Å². The highest BCUT2D eigenvalue weighted by molar-refractivity contribution is 5.96. The quantitative estimate of drug-likeness (QED) is 0.844. The van der Waals surface area contributed by atoms with Crippen LogP contribution in [0.3, 0.4) is 0 Å². The van der Waals surface area contributed by atoms with Crippen LogP contribution in [0.1, 0.15) is 40.0 Å². The molecule has 0 aromatic heterocycles. The largest absolute Gasteiger partial charge is 0.390 e. The van der Waals surface area contributed by atoms with Crippen molar-refractivity contribution < 1.29 is 22.8 Å². The number of nitrogens with zero attached hydrogens (tertiary/aromatic N) is 1. The summed E-state index contributed by atoms with van der Waals surface area (Å²) in [4.78, 5) is 25.2. The van der Waals surface area contributed by atoms with E-state index in [9.17, 15) is 22.8 Å². The number of rotatable bonds is 5. The molecule has 1 rings (SSSR count). The van der Waals surface area contributed by atoms with Gasteiger partial charge in [0.1, 0.15) is 12.1 Å². The predicted octanol–water partition coefficient (Wildman–Crippen LogP) is 2.09. The van der Waals surface area contributed by atoms with E-state index in [1.165, 1.54) is 0 Å². The molecule has 1 fully saturated rings. The normalized spacial score (nSPS) is 24.2. The Labute approximate surface area is 116 Å². The van der Waals surface area contributed by atoms with Crippen molar-refractivity contribution in [2.75, 3.05) is 6.54 Å². The lowest BCUT2D eigenvalue weighted by atomic mass is 9.97. The monoisotopic (exact) mass is 294 g/mol. The first kappa shape index (κ1) is 16.8. The van der Waals surface area contributed by atoms with Gasteiger partial charge in [0.25, 0.3) is 0 Å². The van der Waals surface area contributed by atoms with Crippen LogP contribution in [-0.4, -0.2) is 41.5 Å². The second-order valence-electron chi connectivity index (χ2n) is 5.51. The molecule has 1 heterocycles. The van der Waals surface area contributed by atoms with Crippen molar-refractivity contribution in [3.05, 3.63) is 0 Å². The molecule has 0 saturated carbocycles. The number of hydrogen-bond acceptors (Lipinski definition) is 2. The van der Waals surface area contributed by atoms with Gasteiger partial charge in [-0.3, -0.25) is 9.59 Å². The molecule has 1 aliphatic rings. The molecule has 0 bridgehead atoms. The van der Waals surface area contributed by atoms with Crippen molar-refractivity contribution in [1.29, 1.82) is 0 Å². The molecule has 2 unspecified atom stereocenters. The van der Waals surface area contributed by atoms with Crippen molar-refractivity contribution in [2.24, 2.45) is 5.92 Å². The van der Waals surface area contributed by atoms with Crippen molar-refractivity contribution in [2.45, 2.75) is 58.3 Å². The lowest BCUT2D eigenvalue weighted by molar-refractivity contribution is -0.158. The number of carbonyl (C=O) groups excluding carboxylic acids is 2. The summed E-state index contributed by atoms with van der Waals surface area (Å²) in [6.07, 6.45) is -4.68. The minimum atomic E-state index is -4.33. The Hall–Kier alpha value is -1.27. The van der Waals surface area contributed by atoms with E-state index >= 15 is 0 Å². The number of nitrogens with one attached hydrogen (secondary N) is 1. The van der Waals surface area contributed by atoms with Crippen molar-refractivity contribution in [3.63, 3.8) is 0 Å². The molecular weight excluding hydrogens is 273 g/mol. The lowest BCUT2D eigenvalue weighted by Crippen LogP contribution is -2.63. The maximum absolute atomic E-state index is 12.3. The summed E-state index contributed by atoms with van der Waals surface area (Å²) in [6, 6.07) is -1.51. The van der Waals surface area contributed by atoms with E-state index in [2.05, 4.69) is 5.32 Å². The van der Waals surface area contributed by atoms with Gasteiger partial charge >= 0.3 is 6.18 Å². The Bertz CT molecular complexity index is 369. The van der Waals surface area contributed by atoms with Gasteiger partial charge in [-0.15, -0.1) is 0 Å². The van der Waals surface area contributed by atoms with Crippen LogP contribution >= 0.6 is 0 Å². The standard InChI is InChI=1S/C13H21F3N2O2/c1-4-10-11(19)17-9(7-8(2)3)12(20)18(10)6-5-13(14,15)16/h8-10H,4-7H2,1-3H3,(H,17,19). The van der Waals surface area contributed by atoms with Crippen LogP contribution in [-0.2, 0) is 9.59 Å². The third kappa shape index (κ3) is 4.38. The molecule has 7 heteroatoms. The molecule has 2 amide bonds. The second-order valence-corrected chi connectivity index (χ2v) is 5.51. The van der Waals surface area contributed by atoms with E-state index in [1.54, 1.807) is 6.92 Å². The van der Waals surface area contributed by atoms with Gasteiger partial charge in [0.2, 0.25) is 11.8 Å². The van der Waals surface area contributed by atoms with E-state index < -0.39 is 37.1 Å². The summed E-state index contributed by atoms with van der Waals surface area (Å²) < 4.78 is 37.0. The zero-order valence-electron chi connectivity index (χ0n) is 12.0. The van der Waals surface area contributed by atoms with Crippen LogP contribution in [0.15, 0.2) is 0 Å². The van der Waals surface area contributed by atoms with E-state index in [4.69, 9.17) is 0 Å². The molecule has 20 heavy (non-hydrogen) atoms. The summed E-state index contributed by atoms with van der Waals surface area (Å²) >= 11 is 0.